The topological polar surface area (TPSA) is 97.8 Å². The Bertz CT molecular complexity index is 1440. The van der Waals surface area contributed by atoms with Crippen LogP contribution in [0, 0.1) is 12.3 Å². The van der Waals surface area contributed by atoms with Crippen LogP contribution in [0.1, 0.15) is 36.8 Å². The van der Waals surface area contributed by atoms with Crippen molar-refractivity contribution in [1.29, 1.82) is 0 Å². The van der Waals surface area contributed by atoms with E-state index >= 15 is 0 Å². The molecule has 2 aliphatic rings. The fourth-order valence-electron chi connectivity index (χ4n) is 5.17. The number of aryl methyl sites for hydroxylation is 1. The van der Waals surface area contributed by atoms with E-state index in [1.165, 1.54) is 25.1 Å². The number of likely N-dealkylation sites (tertiary alicyclic amines) is 1. The van der Waals surface area contributed by atoms with Crippen molar-refractivity contribution in [3.63, 3.8) is 0 Å². The quantitative estimate of drug-likeness (QED) is 0.339. The Morgan fingerprint density at radius 3 is 2.54 bits per heavy atom. The first kappa shape index (κ1) is 29.3. The molecule has 0 amide bonds. The van der Waals surface area contributed by atoms with Gasteiger partial charge in [0, 0.05) is 23.4 Å². The fraction of sp³-hybridized carbons (Fsp3) is 0.464. The highest BCUT2D eigenvalue weighted by Gasteiger charge is 2.57. The highest BCUT2D eigenvalue weighted by molar-refractivity contribution is 7.90. The molecule has 0 radical (unpaired) electrons. The summed E-state index contributed by atoms with van der Waals surface area (Å²) in [6.45, 7) is 0.800. The van der Waals surface area contributed by atoms with Gasteiger partial charge in [0.25, 0.3) is 0 Å². The number of Topliss-reactive ketones (excluding diaryl/α,β-unsaturated/α-hetero) is 2. The van der Waals surface area contributed by atoms with Gasteiger partial charge >= 0.3 is 5.97 Å². The van der Waals surface area contributed by atoms with Gasteiger partial charge in [-0.2, -0.15) is 0 Å². The van der Waals surface area contributed by atoms with Gasteiger partial charge in [-0.05, 0) is 74.2 Å². The SMILES string of the molecule is Cc1cc(-c2cccc(S(C)(=O)=O)c2)c(Cl)cc1C1C(=O)OC2(CCCN(CC(=O)C(C)(CF)CF)C2)C1=O. The first-order valence-electron chi connectivity index (χ1n) is 12.5. The van der Waals surface area contributed by atoms with Crippen LogP contribution in [-0.4, -0.2) is 75.7 Å². The van der Waals surface area contributed by atoms with Crippen molar-refractivity contribution >= 4 is 39.0 Å². The van der Waals surface area contributed by atoms with E-state index in [1.54, 1.807) is 30.0 Å². The van der Waals surface area contributed by atoms with Crippen LogP contribution in [0.4, 0.5) is 8.78 Å². The van der Waals surface area contributed by atoms with Crippen molar-refractivity contribution in [1.82, 2.24) is 4.90 Å². The molecule has 2 fully saturated rings. The number of hydrogen-bond acceptors (Lipinski definition) is 7. The molecule has 39 heavy (non-hydrogen) atoms. The minimum atomic E-state index is -3.44. The lowest BCUT2D eigenvalue weighted by Crippen LogP contribution is -2.54. The van der Waals surface area contributed by atoms with E-state index in [0.717, 1.165) is 6.26 Å². The summed E-state index contributed by atoms with van der Waals surface area (Å²) in [6.07, 6.45) is 1.83. The van der Waals surface area contributed by atoms with Gasteiger partial charge in [0.15, 0.2) is 27.0 Å². The van der Waals surface area contributed by atoms with Crippen LogP contribution in [0.5, 0.6) is 0 Å². The molecule has 2 aliphatic heterocycles. The summed E-state index contributed by atoms with van der Waals surface area (Å²) in [5.74, 6) is -3.02. The molecule has 11 heteroatoms. The maximum Gasteiger partial charge on any atom is 0.322 e. The Balaban J connectivity index is 1.61. The molecule has 210 valence electrons. The number of ketones is 2. The number of esters is 1. The predicted molar refractivity (Wildman–Crippen MR) is 142 cm³/mol. The molecular weight excluding hydrogens is 552 g/mol. The average Bonchev–Trinajstić information content (AvgIpc) is 3.12. The van der Waals surface area contributed by atoms with Crippen LogP contribution < -0.4 is 0 Å². The van der Waals surface area contributed by atoms with Crippen LogP contribution in [0.3, 0.4) is 0 Å². The minimum absolute atomic E-state index is 0.0440. The molecule has 0 bridgehead atoms. The lowest BCUT2D eigenvalue weighted by atomic mass is 9.80. The second kappa shape index (κ2) is 10.7. The van der Waals surface area contributed by atoms with E-state index in [0.29, 0.717) is 35.2 Å². The largest absolute Gasteiger partial charge is 0.449 e. The van der Waals surface area contributed by atoms with Crippen LogP contribution in [0.25, 0.3) is 11.1 Å². The van der Waals surface area contributed by atoms with Gasteiger partial charge in [-0.15, -0.1) is 0 Å². The predicted octanol–water partition coefficient (Wildman–Crippen LogP) is 4.28. The molecule has 0 aliphatic carbocycles. The Kier molecular flexibility index (Phi) is 8.04. The summed E-state index contributed by atoms with van der Waals surface area (Å²) in [5.41, 5.74) is -1.14. The smallest absolute Gasteiger partial charge is 0.322 e. The van der Waals surface area contributed by atoms with E-state index in [-0.39, 0.29) is 29.4 Å². The van der Waals surface area contributed by atoms with Gasteiger partial charge in [-0.25, -0.2) is 17.2 Å². The number of hydrogen-bond donors (Lipinski definition) is 0. The zero-order valence-electron chi connectivity index (χ0n) is 21.9. The molecule has 7 nitrogen and oxygen atoms in total. The molecule has 2 saturated heterocycles. The first-order chi connectivity index (χ1) is 18.2. The molecule has 2 heterocycles. The lowest BCUT2D eigenvalue weighted by Gasteiger charge is -2.38. The van der Waals surface area contributed by atoms with Crippen molar-refractivity contribution in [2.45, 2.75) is 43.1 Å². The molecule has 2 aromatic carbocycles. The van der Waals surface area contributed by atoms with E-state index in [4.69, 9.17) is 16.3 Å². The number of piperidine rings is 1. The van der Waals surface area contributed by atoms with Crippen molar-refractivity contribution in [3.05, 3.63) is 52.5 Å². The lowest BCUT2D eigenvalue weighted by molar-refractivity contribution is -0.157. The first-order valence-corrected chi connectivity index (χ1v) is 14.8. The standard InChI is InChI=1S/C28H30ClF2NO6S/c1-17-10-21(18-6-4-7-19(11-18)39(3,36)37)22(29)12-20(17)24-25(34)28(38-26(24)35)8-5-9-32(16-28)13-23(33)27(2,14-30)15-31/h4,6-7,10-12,24H,5,8-9,13-16H2,1-3H3. The van der Waals surface area contributed by atoms with Crippen molar-refractivity contribution in [2.75, 3.05) is 39.2 Å². The Morgan fingerprint density at radius 1 is 1.21 bits per heavy atom. The second-order valence-electron chi connectivity index (χ2n) is 10.8. The zero-order chi connectivity index (χ0) is 28.8. The highest BCUT2D eigenvalue weighted by atomic mass is 35.5. The van der Waals surface area contributed by atoms with Crippen molar-refractivity contribution in [3.8, 4) is 11.1 Å². The molecule has 1 spiro atoms. The second-order valence-corrected chi connectivity index (χ2v) is 13.2. The monoisotopic (exact) mass is 581 g/mol. The number of ether oxygens (including phenoxy) is 1. The van der Waals surface area contributed by atoms with E-state index in [1.807, 2.05) is 0 Å². The molecule has 2 atom stereocenters. The third-order valence-corrected chi connectivity index (χ3v) is 9.07. The number of sulfone groups is 1. The highest BCUT2D eigenvalue weighted by Crippen LogP contribution is 2.43. The Labute approximate surface area is 231 Å². The van der Waals surface area contributed by atoms with Crippen molar-refractivity contribution in [2.24, 2.45) is 5.41 Å². The summed E-state index contributed by atoms with van der Waals surface area (Å²) >= 11 is 6.58. The fourth-order valence-corrected chi connectivity index (χ4v) is 6.12. The molecule has 0 aromatic heterocycles. The van der Waals surface area contributed by atoms with E-state index < -0.39 is 57.7 Å². The number of halogens is 3. The van der Waals surface area contributed by atoms with Crippen LogP contribution in [-0.2, 0) is 29.0 Å². The van der Waals surface area contributed by atoms with Crippen molar-refractivity contribution < 1.29 is 36.3 Å². The summed E-state index contributed by atoms with van der Waals surface area (Å²) in [6, 6.07) is 9.54. The van der Waals surface area contributed by atoms with Crippen LogP contribution >= 0.6 is 11.6 Å². The van der Waals surface area contributed by atoms with Gasteiger partial charge in [-0.3, -0.25) is 19.3 Å². The Hall–Kier alpha value is -2.69. The maximum absolute atomic E-state index is 13.7. The maximum atomic E-state index is 13.7. The molecule has 4 rings (SSSR count). The van der Waals surface area contributed by atoms with Gasteiger partial charge in [-0.1, -0.05) is 23.7 Å². The normalized spacial score (nSPS) is 22.4. The summed E-state index contributed by atoms with van der Waals surface area (Å²) in [4.78, 5) is 41.1. The van der Waals surface area contributed by atoms with Crippen LogP contribution in [0.2, 0.25) is 5.02 Å². The minimum Gasteiger partial charge on any atom is -0.449 e. The third-order valence-electron chi connectivity index (χ3n) is 7.65. The van der Waals surface area contributed by atoms with E-state index in [9.17, 15) is 31.6 Å². The summed E-state index contributed by atoms with van der Waals surface area (Å²) in [7, 11) is -3.44. The number of rotatable bonds is 8. The van der Waals surface area contributed by atoms with Crippen LogP contribution in [0.15, 0.2) is 41.3 Å². The number of nitrogens with zero attached hydrogens (tertiary/aromatic N) is 1. The summed E-state index contributed by atoms with van der Waals surface area (Å²) in [5, 5.41) is 0.232. The molecule has 0 N–H and O–H groups in total. The van der Waals surface area contributed by atoms with E-state index in [2.05, 4.69) is 0 Å². The average molecular weight is 582 g/mol. The molecule has 0 saturated carbocycles. The Morgan fingerprint density at radius 2 is 1.90 bits per heavy atom. The van der Waals surface area contributed by atoms with Gasteiger partial charge in [0.05, 0.1) is 16.9 Å². The number of benzene rings is 2. The number of alkyl halides is 2. The summed E-state index contributed by atoms with van der Waals surface area (Å²) < 4.78 is 56.3. The number of carbonyl (C=O) groups is 3. The molecule has 2 aromatic rings. The van der Waals surface area contributed by atoms with Gasteiger partial charge in [0.2, 0.25) is 0 Å². The number of carbonyl (C=O) groups excluding carboxylic acids is 3. The van der Waals surface area contributed by atoms with Gasteiger partial charge < -0.3 is 4.74 Å². The zero-order valence-corrected chi connectivity index (χ0v) is 23.5. The van der Waals surface area contributed by atoms with Gasteiger partial charge in [0.1, 0.15) is 19.3 Å². The third kappa shape index (κ3) is 5.51. The molecular formula is C28H30ClF2NO6S. The molecule has 2 unspecified atom stereocenters.